The molecule has 0 saturated heterocycles. The Morgan fingerprint density at radius 1 is 1.24 bits per heavy atom. The maximum absolute atomic E-state index is 12.8. The molecule has 0 heterocycles. The molecule has 2 amide bonds. The van der Waals surface area contributed by atoms with Gasteiger partial charge in [0.05, 0.1) is 0 Å². The van der Waals surface area contributed by atoms with E-state index in [1.165, 1.54) is 21.9 Å². The minimum Gasteiger partial charge on any atom is -0.480 e. The molecule has 0 saturated carbocycles. The van der Waals surface area contributed by atoms with Gasteiger partial charge in [0.25, 0.3) is 0 Å². The molecule has 0 bridgehead atoms. The van der Waals surface area contributed by atoms with Crippen LogP contribution in [0.1, 0.15) is 19.4 Å². The highest BCUT2D eigenvalue weighted by Crippen LogP contribution is 2.09. The number of aliphatic carboxylic acids is 1. The first-order valence-electron chi connectivity index (χ1n) is 6.76. The van der Waals surface area contributed by atoms with E-state index in [0.29, 0.717) is 13.1 Å². The third kappa shape index (κ3) is 5.81. The Hall–Kier alpha value is -2.11. The van der Waals surface area contributed by atoms with Crippen LogP contribution in [0.4, 0.5) is 9.18 Å². The molecular weight excluding hydrogens is 275 g/mol. The quantitative estimate of drug-likeness (QED) is 0.877. The number of carboxylic acids is 1. The molecular formula is C15H21FN2O3. The first-order chi connectivity index (χ1) is 9.79. The fraction of sp³-hybridized carbons (Fsp3) is 0.467. The zero-order valence-corrected chi connectivity index (χ0v) is 12.5. The summed E-state index contributed by atoms with van der Waals surface area (Å²) in [6.07, 6.45) is 0. The van der Waals surface area contributed by atoms with Crippen molar-refractivity contribution in [3.8, 4) is 0 Å². The summed E-state index contributed by atoms with van der Waals surface area (Å²) >= 11 is 0. The van der Waals surface area contributed by atoms with Crippen LogP contribution in [0.5, 0.6) is 0 Å². The number of rotatable bonds is 6. The second-order valence-corrected chi connectivity index (χ2v) is 5.43. The van der Waals surface area contributed by atoms with E-state index in [1.807, 2.05) is 13.8 Å². The van der Waals surface area contributed by atoms with Gasteiger partial charge in [-0.15, -0.1) is 0 Å². The molecule has 0 unspecified atom stereocenters. The van der Waals surface area contributed by atoms with Gasteiger partial charge in [0.15, 0.2) is 0 Å². The Morgan fingerprint density at radius 2 is 1.81 bits per heavy atom. The Labute approximate surface area is 124 Å². The number of amides is 2. The van der Waals surface area contributed by atoms with E-state index in [2.05, 4.69) is 0 Å². The monoisotopic (exact) mass is 296 g/mol. The molecule has 0 radical (unpaired) electrons. The number of hydrogen-bond acceptors (Lipinski definition) is 2. The molecule has 1 rings (SSSR count). The largest absolute Gasteiger partial charge is 0.480 e. The third-order valence-electron chi connectivity index (χ3n) is 2.84. The highest BCUT2D eigenvalue weighted by molar-refractivity contribution is 5.80. The maximum atomic E-state index is 12.8. The first kappa shape index (κ1) is 16.9. The van der Waals surface area contributed by atoms with Crippen LogP contribution in [-0.4, -0.2) is 47.0 Å². The number of urea groups is 1. The fourth-order valence-corrected chi connectivity index (χ4v) is 1.99. The number of carbonyl (C=O) groups excluding carboxylic acids is 1. The van der Waals surface area contributed by atoms with E-state index in [0.717, 1.165) is 5.56 Å². The predicted octanol–water partition coefficient (Wildman–Crippen LogP) is 2.42. The van der Waals surface area contributed by atoms with Crippen LogP contribution in [0, 0.1) is 11.7 Å². The number of benzene rings is 1. The molecule has 0 spiro atoms. The number of hydrogen-bond donors (Lipinski definition) is 1. The zero-order chi connectivity index (χ0) is 16.0. The van der Waals surface area contributed by atoms with Crippen LogP contribution in [0.2, 0.25) is 0 Å². The fourth-order valence-electron chi connectivity index (χ4n) is 1.99. The lowest BCUT2D eigenvalue weighted by atomic mass is 10.2. The molecule has 21 heavy (non-hydrogen) atoms. The van der Waals surface area contributed by atoms with Gasteiger partial charge in [0, 0.05) is 20.1 Å². The molecule has 116 valence electrons. The molecule has 0 aliphatic heterocycles. The second-order valence-electron chi connectivity index (χ2n) is 5.43. The van der Waals surface area contributed by atoms with Gasteiger partial charge in [-0.25, -0.2) is 9.18 Å². The standard InChI is InChI=1S/C15H21FN2O3/c1-11(2)8-18(10-14(19)20)15(21)17(3)9-12-4-6-13(16)7-5-12/h4-7,11H,8-10H2,1-3H3,(H,19,20). The van der Waals surface area contributed by atoms with Crippen molar-refractivity contribution in [1.29, 1.82) is 0 Å². The lowest BCUT2D eigenvalue weighted by Gasteiger charge is -2.28. The molecule has 1 aromatic carbocycles. The van der Waals surface area contributed by atoms with E-state index in [4.69, 9.17) is 5.11 Å². The van der Waals surface area contributed by atoms with Gasteiger partial charge in [-0.05, 0) is 23.6 Å². The highest BCUT2D eigenvalue weighted by Gasteiger charge is 2.21. The number of carboxylic acid groups (broad SMARTS) is 1. The minimum atomic E-state index is -1.04. The van der Waals surface area contributed by atoms with Crippen LogP contribution in [0.15, 0.2) is 24.3 Å². The third-order valence-corrected chi connectivity index (χ3v) is 2.84. The lowest BCUT2D eigenvalue weighted by molar-refractivity contribution is -0.137. The van der Waals surface area contributed by atoms with Gasteiger partial charge < -0.3 is 14.9 Å². The Bertz CT molecular complexity index is 488. The Morgan fingerprint density at radius 3 is 2.29 bits per heavy atom. The molecule has 0 aliphatic carbocycles. The minimum absolute atomic E-state index is 0.174. The van der Waals surface area contributed by atoms with Crippen molar-refractivity contribution >= 4 is 12.0 Å². The summed E-state index contributed by atoms with van der Waals surface area (Å²) in [5.41, 5.74) is 0.784. The van der Waals surface area contributed by atoms with Gasteiger partial charge >= 0.3 is 12.0 Å². The van der Waals surface area contributed by atoms with Gasteiger partial charge in [-0.3, -0.25) is 4.79 Å². The van der Waals surface area contributed by atoms with E-state index in [1.54, 1.807) is 19.2 Å². The smallest absolute Gasteiger partial charge is 0.323 e. The van der Waals surface area contributed by atoms with Crippen molar-refractivity contribution in [3.05, 3.63) is 35.6 Å². The average molecular weight is 296 g/mol. The zero-order valence-electron chi connectivity index (χ0n) is 12.5. The maximum Gasteiger partial charge on any atom is 0.323 e. The van der Waals surface area contributed by atoms with E-state index in [9.17, 15) is 14.0 Å². The van der Waals surface area contributed by atoms with Crippen molar-refractivity contribution in [2.75, 3.05) is 20.1 Å². The molecule has 1 aromatic rings. The molecule has 1 N–H and O–H groups in total. The van der Waals surface area contributed by atoms with Crippen molar-refractivity contribution < 1.29 is 19.1 Å². The predicted molar refractivity (Wildman–Crippen MR) is 77.3 cm³/mol. The summed E-state index contributed by atoms with van der Waals surface area (Å²) in [7, 11) is 1.60. The van der Waals surface area contributed by atoms with E-state index in [-0.39, 0.29) is 24.3 Å². The molecule has 0 atom stereocenters. The second kappa shape index (κ2) is 7.61. The van der Waals surface area contributed by atoms with E-state index >= 15 is 0 Å². The molecule has 6 heteroatoms. The van der Waals surface area contributed by atoms with Crippen molar-refractivity contribution in [2.24, 2.45) is 5.92 Å². The average Bonchev–Trinajstić information content (AvgIpc) is 2.38. The van der Waals surface area contributed by atoms with Gasteiger partial charge in [0.1, 0.15) is 12.4 Å². The number of nitrogens with zero attached hydrogens (tertiary/aromatic N) is 2. The SMILES string of the molecule is CC(C)CN(CC(=O)O)C(=O)N(C)Cc1ccc(F)cc1. The van der Waals surface area contributed by atoms with Crippen molar-refractivity contribution in [2.45, 2.75) is 20.4 Å². The number of carbonyl (C=O) groups is 2. The number of halogens is 1. The van der Waals surface area contributed by atoms with Crippen molar-refractivity contribution in [3.63, 3.8) is 0 Å². The summed E-state index contributed by atoms with van der Waals surface area (Å²) < 4.78 is 12.8. The summed E-state index contributed by atoms with van der Waals surface area (Å²) in [4.78, 5) is 25.9. The molecule has 0 aliphatic rings. The molecule has 0 fully saturated rings. The van der Waals surface area contributed by atoms with Crippen LogP contribution >= 0.6 is 0 Å². The van der Waals surface area contributed by atoms with E-state index < -0.39 is 5.97 Å². The van der Waals surface area contributed by atoms with Crippen LogP contribution < -0.4 is 0 Å². The Kier molecular flexibility index (Phi) is 6.14. The first-order valence-corrected chi connectivity index (χ1v) is 6.76. The topological polar surface area (TPSA) is 60.9 Å². The lowest BCUT2D eigenvalue weighted by Crippen LogP contribution is -2.45. The van der Waals surface area contributed by atoms with Crippen LogP contribution in [-0.2, 0) is 11.3 Å². The van der Waals surface area contributed by atoms with Crippen molar-refractivity contribution in [1.82, 2.24) is 9.80 Å². The van der Waals surface area contributed by atoms with Gasteiger partial charge in [-0.2, -0.15) is 0 Å². The highest BCUT2D eigenvalue weighted by atomic mass is 19.1. The summed E-state index contributed by atoms with van der Waals surface area (Å²) in [5.74, 6) is -1.20. The molecule has 0 aromatic heterocycles. The Balaban J connectivity index is 2.72. The molecule has 5 nitrogen and oxygen atoms in total. The summed E-state index contributed by atoms with van der Waals surface area (Å²) in [5, 5.41) is 8.89. The van der Waals surface area contributed by atoms with Crippen LogP contribution in [0.3, 0.4) is 0 Å². The summed E-state index contributed by atoms with van der Waals surface area (Å²) in [6.45, 7) is 4.18. The normalized spacial score (nSPS) is 10.5. The summed E-state index contributed by atoms with van der Waals surface area (Å²) in [6, 6.07) is 5.51. The van der Waals surface area contributed by atoms with Gasteiger partial charge in [-0.1, -0.05) is 26.0 Å². The van der Waals surface area contributed by atoms with Gasteiger partial charge in [0.2, 0.25) is 0 Å². The van der Waals surface area contributed by atoms with Crippen LogP contribution in [0.25, 0.3) is 0 Å².